The number of aliphatic hydroxyl groups excluding tert-OH is 1. The van der Waals surface area contributed by atoms with Gasteiger partial charge in [-0.3, -0.25) is 8.37 Å². The molecule has 2 saturated carbocycles. The van der Waals surface area contributed by atoms with E-state index in [1.165, 1.54) is 0 Å². The monoisotopic (exact) mass is 295 g/mol. The molecule has 3 aliphatic rings. The van der Waals surface area contributed by atoms with Gasteiger partial charge in [0.25, 0.3) is 0 Å². The van der Waals surface area contributed by atoms with Crippen LogP contribution in [0.5, 0.6) is 0 Å². The average Bonchev–Trinajstić information content (AvgIpc) is 3.24. The highest BCUT2D eigenvalue weighted by Gasteiger charge is 2.58. The Labute approximate surface area is 112 Å². The maximum Gasteiger partial charge on any atom is 0.304 e. The number of nitrogens with zero attached hydrogens (tertiary/aromatic N) is 1. The summed E-state index contributed by atoms with van der Waals surface area (Å²) in [6.45, 7) is 0.281. The molecular weight excluding hydrogens is 280 g/mol. The second-order valence-corrected chi connectivity index (χ2v) is 6.17. The van der Waals surface area contributed by atoms with Crippen LogP contribution < -0.4 is 0 Å². The minimum Gasteiger partial charge on any atom is -0.396 e. The van der Waals surface area contributed by atoms with Crippen LogP contribution in [-0.4, -0.2) is 41.5 Å². The van der Waals surface area contributed by atoms with Crippen LogP contribution in [0.1, 0.15) is 19.3 Å². The molecular formula is C11H15F2NO4S. The van der Waals surface area contributed by atoms with Crippen LogP contribution in [0.2, 0.25) is 0 Å². The van der Waals surface area contributed by atoms with E-state index in [0.29, 0.717) is 12.8 Å². The Morgan fingerprint density at radius 2 is 1.84 bits per heavy atom. The van der Waals surface area contributed by atoms with Crippen LogP contribution in [0.15, 0.2) is 0 Å². The smallest absolute Gasteiger partial charge is 0.304 e. The summed E-state index contributed by atoms with van der Waals surface area (Å²) in [5.74, 6) is 0. The number of alkyl halides is 2. The SMILES string of the molecule is N#CCC1(CO)CC1F.O=S1OCC2(CO1)CC2F. The summed E-state index contributed by atoms with van der Waals surface area (Å²) in [5, 5.41) is 16.7. The van der Waals surface area contributed by atoms with E-state index in [4.69, 9.17) is 10.4 Å². The fraction of sp³-hybridized carbons (Fsp3) is 0.909. The molecule has 0 bridgehead atoms. The normalized spacial score (nSPS) is 46.9. The van der Waals surface area contributed by atoms with Gasteiger partial charge in [-0.1, -0.05) is 0 Å². The Hall–Kier alpha value is -0.620. The van der Waals surface area contributed by atoms with Gasteiger partial charge in [-0.05, 0) is 12.8 Å². The van der Waals surface area contributed by atoms with Crippen molar-refractivity contribution in [3.8, 4) is 6.07 Å². The van der Waals surface area contributed by atoms with E-state index < -0.39 is 34.5 Å². The highest BCUT2D eigenvalue weighted by atomic mass is 32.2. The lowest BCUT2D eigenvalue weighted by Gasteiger charge is -2.18. The molecule has 5 nitrogen and oxygen atoms in total. The largest absolute Gasteiger partial charge is 0.396 e. The predicted octanol–water partition coefficient (Wildman–Crippen LogP) is 0.961. The summed E-state index contributed by atoms with van der Waals surface area (Å²) < 4.78 is 44.5. The first kappa shape index (κ1) is 14.8. The van der Waals surface area contributed by atoms with Gasteiger partial charge in [0.15, 0.2) is 0 Å². The molecule has 1 spiro atoms. The molecule has 0 aromatic heterocycles. The standard InChI is InChI=1S/C6H8FNO.C5H7FO3S/c7-5-3-6(5,4-9)1-2-8;6-4-1-5(4)2-8-10(7)9-3-5/h5,9H,1,3-4H2;4H,1-3H2. The Kier molecular flexibility index (Phi) is 4.20. The molecule has 1 aliphatic heterocycles. The average molecular weight is 295 g/mol. The molecule has 3 fully saturated rings. The topological polar surface area (TPSA) is 79.5 Å². The highest BCUT2D eigenvalue weighted by molar-refractivity contribution is 7.75. The van der Waals surface area contributed by atoms with Gasteiger partial charge in [-0.15, -0.1) is 0 Å². The van der Waals surface area contributed by atoms with Gasteiger partial charge in [0.05, 0.1) is 31.3 Å². The van der Waals surface area contributed by atoms with Crippen molar-refractivity contribution < 1.29 is 26.5 Å². The minimum atomic E-state index is -1.63. The van der Waals surface area contributed by atoms with Crippen LogP contribution in [0.3, 0.4) is 0 Å². The van der Waals surface area contributed by atoms with Crippen molar-refractivity contribution in [3.05, 3.63) is 0 Å². The fourth-order valence-electron chi connectivity index (χ4n) is 1.86. The maximum atomic E-state index is 12.5. The third-order valence-electron chi connectivity index (χ3n) is 3.81. The van der Waals surface area contributed by atoms with E-state index in [1.807, 2.05) is 6.07 Å². The zero-order valence-electron chi connectivity index (χ0n) is 10.2. The summed E-state index contributed by atoms with van der Waals surface area (Å²) in [6.07, 6.45) is -0.765. The molecule has 0 amide bonds. The summed E-state index contributed by atoms with van der Waals surface area (Å²) in [5.41, 5.74) is -1.11. The van der Waals surface area contributed by atoms with Crippen LogP contribution >= 0.6 is 0 Å². The van der Waals surface area contributed by atoms with E-state index in [1.54, 1.807) is 0 Å². The number of hydrogen-bond donors (Lipinski definition) is 1. The van der Waals surface area contributed by atoms with Gasteiger partial charge < -0.3 is 5.11 Å². The first-order chi connectivity index (χ1) is 8.98. The van der Waals surface area contributed by atoms with Crippen molar-refractivity contribution in [2.75, 3.05) is 19.8 Å². The molecule has 1 saturated heterocycles. The van der Waals surface area contributed by atoms with Gasteiger partial charge in [-0.25, -0.2) is 8.78 Å². The minimum absolute atomic E-state index is 0.144. The molecule has 2 aliphatic carbocycles. The maximum absolute atomic E-state index is 12.5. The number of nitriles is 1. The number of hydrogen-bond acceptors (Lipinski definition) is 5. The molecule has 0 aromatic carbocycles. The van der Waals surface area contributed by atoms with E-state index in [0.717, 1.165) is 0 Å². The van der Waals surface area contributed by atoms with E-state index >= 15 is 0 Å². The number of halogens is 2. The lowest BCUT2D eigenvalue weighted by molar-refractivity contribution is 0.0919. The van der Waals surface area contributed by atoms with Crippen LogP contribution in [-0.2, 0) is 19.7 Å². The van der Waals surface area contributed by atoms with E-state index in [-0.39, 0.29) is 26.2 Å². The van der Waals surface area contributed by atoms with Gasteiger partial charge in [-0.2, -0.15) is 9.47 Å². The number of rotatable bonds is 2. The third kappa shape index (κ3) is 3.11. The lowest BCUT2D eigenvalue weighted by atomic mass is 10.1. The van der Waals surface area contributed by atoms with Gasteiger partial charge in [0.1, 0.15) is 12.3 Å². The van der Waals surface area contributed by atoms with Gasteiger partial charge >= 0.3 is 11.4 Å². The predicted molar refractivity (Wildman–Crippen MR) is 61.3 cm³/mol. The van der Waals surface area contributed by atoms with Gasteiger partial charge in [0.2, 0.25) is 0 Å². The van der Waals surface area contributed by atoms with Crippen LogP contribution in [0.25, 0.3) is 0 Å². The van der Waals surface area contributed by atoms with E-state index in [9.17, 15) is 13.0 Å². The quantitative estimate of drug-likeness (QED) is 0.821. The molecule has 3 atom stereocenters. The lowest BCUT2D eigenvalue weighted by Crippen LogP contribution is -2.28. The van der Waals surface area contributed by atoms with Crippen LogP contribution in [0.4, 0.5) is 8.78 Å². The molecule has 3 unspecified atom stereocenters. The van der Waals surface area contributed by atoms with Crippen molar-refractivity contribution in [2.45, 2.75) is 31.6 Å². The molecule has 3 rings (SSSR count). The second-order valence-electron chi connectivity index (χ2n) is 5.29. The van der Waals surface area contributed by atoms with Crippen molar-refractivity contribution in [3.63, 3.8) is 0 Å². The summed E-state index contributed by atoms with van der Waals surface area (Å²) >= 11 is -1.63. The highest BCUT2D eigenvalue weighted by Crippen LogP contribution is 2.51. The van der Waals surface area contributed by atoms with Crippen molar-refractivity contribution in [2.24, 2.45) is 10.8 Å². The Balaban J connectivity index is 0.000000141. The molecule has 108 valence electrons. The van der Waals surface area contributed by atoms with Crippen molar-refractivity contribution in [1.82, 2.24) is 0 Å². The molecule has 0 aromatic rings. The molecule has 8 heteroatoms. The Bertz CT molecular complexity index is 402. The fourth-order valence-corrected chi connectivity index (χ4v) is 2.59. The first-order valence-corrected chi connectivity index (χ1v) is 6.92. The number of aliphatic hydroxyl groups is 1. The van der Waals surface area contributed by atoms with Crippen molar-refractivity contribution in [1.29, 1.82) is 5.26 Å². The molecule has 1 heterocycles. The van der Waals surface area contributed by atoms with E-state index in [2.05, 4.69) is 8.37 Å². The molecule has 19 heavy (non-hydrogen) atoms. The summed E-state index contributed by atoms with van der Waals surface area (Å²) in [4.78, 5) is 0. The zero-order chi connectivity index (χ0) is 14.1. The van der Waals surface area contributed by atoms with Gasteiger partial charge in [0, 0.05) is 11.8 Å². The zero-order valence-corrected chi connectivity index (χ0v) is 11.0. The molecule has 1 N–H and O–H groups in total. The third-order valence-corrected chi connectivity index (χ3v) is 4.43. The summed E-state index contributed by atoms with van der Waals surface area (Å²) in [7, 11) is 0. The Morgan fingerprint density at radius 1 is 1.32 bits per heavy atom. The second kappa shape index (κ2) is 5.40. The molecule has 0 radical (unpaired) electrons. The summed E-state index contributed by atoms with van der Waals surface area (Å²) in [6, 6.07) is 1.85. The van der Waals surface area contributed by atoms with Crippen LogP contribution in [0, 0.1) is 22.2 Å². The Morgan fingerprint density at radius 3 is 2.11 bits per heavy atom. The first-order valence-electron chi connectivity index (χ1n) is 5.92. The van der Waals surface area contributed by atoms with Crippen molar-refractivity contribution >= 4 is 11.4 Å².